The van der Waals surface area contributed by atoms with Crippen LogP contribution in [0, 0.1) is 88.3 Å². The highest BCUT2D eigenvalue weighted by Gasteiger charge is 2.27. The summed E-state index contributed by atoms with van der Waals surface area (Å²) in [6.45, 7) is 70.4. The summed E-state index contributed by atoms with van der Waals surface area (Å²) < 4.78 is 113. The second-order valence-electron chi connectivity index (χ2n) is 26.0. The summed E-state index contributed by atoms with van der Waals surface area (Å²) in [5.74, 6) is -1.13. The Hall–Kier alpha value is -12.2. The standard InChI is InChI=1S/2C22H22N2O3S.C20H18N2O4S.C20H18N2O3S.12C2H6/c1-14-5-7-19(8-6-14)28(26,27)24-21-12-16(3)15(2)11-20(21)22(25)18-9-10-23-17(4)13-18;1-14-5-7-18(8-6-14)28(26,27)24-21-12-16(3)15(2)11-20(21)22(25)19-9-10-23-13-17(19)4;1-14-12-18(20(23)16-8-10-22(24)11-9-16)19(13-15(14)2)21-27(25,26)17-6-4-3-5-7-17;1-14-12-18(20(23)16-8-10-21-11-9-16)19(13-15(14)2)22-26(24,25)17-6-4-3-5-7-17;12*1-2/h2*5-13,24H,1-4H3;3-13,21H,1-2H3;3-13,22H,1-2H3;12*1-2H3. The monoisotopic (exact) mass is 1900 g/mol. The van der Waals surface area contributed by atoms with E-state index in [0.717, 1.165) is 66.9 Å². The van der Waals surface area contributed by atoms with Crippen LogP contribution in [0.4, 0.5) is 22.7 Å². The molecule has 0 bridgehead atoms. The Kier molecular flexibility index (Phi) is 64.9. The molecule has 0 atom stereocenters. The SMILES string of the molecule is CC.CC.CC.CC.CC.CC.CC.CC.CC.CC.CC.CC.Cc1cc(NS(=O)(=O)c2ccccc2)c(C(=O)c2cc[n+]([O-])cc2)cc1C.Cc1cc(NS(=O)(=O)c2ccccc2)c(C(=O)c2ccncc2)cc1C.Cc1ccc(S(=O)(=O)Nc2cc(C)c(C)cc2C(=O)c2ccnc(C)c2)cc1.Cc1ccc(S(=O)(=O)Nc2cc(C)c(C)cc2C(=O)c2ccncc2C)cc1. The molecule has 12 aromatic rings. The van der Waals surface area contributed by atoms with Gasteiger partial charge >= 0.3 is 0 Å². The molecule has 0 aliphatic heterocycles. The highest BCUT2D eigenvalue weighted by atomic mass is 32.2. The predicted molar refractivity (Wildman–Crippen MR) is 560 cm³/mol. The van der Waals surface area contributed by atoms with Gasteiger partial charge in [0.25, 0.3) is 40.1 Å². The number of benzene rings is 8. The number of anilines is 4. The van der Waals surface area contributed by atoms with Crippen LogP contribution in [0.5, 0.6) is 0 Å². The molecular weight excluding hydrogens is 1750 g/mol. The zero-order chi connectivity index (χ0) is 103. The molecule has 0 unspecified atom stereocenters. The van der Waals surface area contributed by atoms with Gasteiger partial charge in [-0.15, -0.1) is 0 Å². The van der Waals surface area contributed by atoms with Gasteiger partial charge in [-0.2, -0.15) is 4.73 Å². The maximum Gasteiger partial charge on any atom is 0.261 e. The number of sulfonamides is 4. The molecule has 133 heavy (non-hydrogen) atoms. The van der Waals surface area contributed by atoms with Crippen molar-refractivity contribution in [1.29, 1.82) is 0 Å². The van der Waals surface area contributed by atoms with Crippen molar-refractivity contribution in [2.75, 3.05) is 18.9 Å². The summed E-state index contributed by atoms with van der Waals surface area (Å²) in [5, 5.41) is 11.2. The van der Waals surface area contributed by atoms with Gasteiger partial charge in [0.15, 0.2) is 35.5 Å². The highest BCUT2D eigenvalue weighted by molar-refractivity contribution is 7.93. The molecule has 0 aliphatic rings. The zero-order valence-corrected chi connectivity index (χ0v) is 89.1. The molecule has 0 saturated heterocycles. The lowest BCUT2D eigenvalue weighted by molar-refractivity contribution is -0.605. The smallest absolute Gasteiger partial charge is 0.261 e. The van der Waals surface area contributed by atoms with Crippen LogP contribution in [0.1, 0.15) is 297 Å². The number of carbonyl (C=O) groups is 4. The van der Waals surface area contributed by atoms with Gasteiger partial charge in [0.1, 0.15) is 0 Å². The van der Waals surface area contributed by atoms with Gasteiger partial charge in [-0.25, -0.2) is 33.7 Å². The van der Waals surface area contributed by atoms with Crippen molar-refractivity contribution < 1.29 is 57.6 Å². The van der Waals surface area contributed by atoms with E-state index in [1.54, 1.807) is 196 Å². The molecule has 25 heteroatoms. The van der Waals surface area contributed by atoms with Crippen LogP contribution >= 0.6 is 0 Å². The molecule has 4 heterocycles. The molecule has 0 spiro atoms. The number of hydrogen-bond acceptors (Lipinski definition) is 16. The fourth-order valence-electron chi connectivity index (χ4n) is 10.9. The molecule has 0 aliphatic carbocycles. The third-order valence-electron chi connectivity index (χ3n) is 17.7. The summed E-state index contributed by atoms with van der Waals surface area (Å²) in [6, 6.07) is 53.7. The Morgan fingerprint density at radius 1 is 0.256 bits per heavy atom. The lowest BCUT2D eigenvalue weighted by Crippen LogP contribution is -2.24. The number of aromatic nitrogens is 4. The van der Waals surface area contributed by atoms with Crippen molar-refractivity contribution in [2.24, 2.45) is 0 Å². The van der Waals surface area contributed by atoms with E-state index in [4.69, 9.17) is 0 Å². The zero-order valence-electron chi connectivity index (χ0n) is 85.8. The number of aryl methyl sites for hydroxylation is 12. The van der Waals surface area contributed by atoms with Crippen LogP contribution in [0.2, 0.25) is 0 Å². The summed E-state index contributed by atoms with van der Waals surface area (Å²) in [4.78, 5) is 64.6. The van der Waals surface area contributed by atoms with Crippen molar-refractivity contribution in [3.8, 4) is 0 Å². The van der Waals surface area contributed by atoms with Crippen LogP contribution in [0.25, 0.3) is 0 Å². The number of ketones is 4. The number of rotatable bonds is 20. The molecule has 8 aromatic carbocycles. The van der Waals surface area contributed by atoms with Crippen molar-refractivity contribution in [3.63, 3.8) is 0 Å². The third-order valence-corrected chi connectivity index (χ3v) is 23.2. The van der Waals surface area contributed by atoms with E-state index in [9.17, 15) is 58.1 Å². The maximum atomic E-state index is 13.2. The minimum atomic E-state index is -3.84. The lowest BCUT2D eigenvalue weighted by atomic mass is 9.96. The van der Waals surface area contributed by atoms with Gasteiger partial charge in [0, 0.05) is 93.3 Å². The quantitative estimate of drug-likeness (QED) is 0.0313. The van der Waals surface area contributed by atoms with Crippen LogP contribution < -0.4 is 23.6 Å². The molecule has 0 fully saturated rings. The van der Waals surface area contributed by atoms with Crippen LogP contribution in [0.3, 0.4) is 0 Å². The molecule has 0 radical (unpaired) electrons. The average molecular weight is 1900 g/mol. The van der Waals surface area contributed by atoms with E-state index in [1.165, 1.54) is 61.2 Å². The Labute approximate surface area is 800 Å². The fraction of sp³-hybridized carbons (Fsp3) is 0.333. The minimum absolute atomic E-state index is 0.105. The predicted octanol–water partition coefficient (Wildman–Crippen LogP) is 27.7. The minimum Gasteiger partial charge on any atom is -0.619 e. The first-order valence-corrected chi connectivity index (χ1v) is 51.9. The number of hydrogen-bond donors (Lipinski definition) is 4. The first-order valence-electron chi connectivity index (χ1n) is 45.9. The van der Waals surface area contributed by atoms with E-state index < -0.39 is 40.1 Å². The number of pyridine rings is 4. The first-order chi connectivity index (χ1) is 63.5. The van der Waals surface area contributed by atoms with Crippen molar-refractivity contribution in [3.05, 3.63) is 360 Å². The second-order valence-corrected chi connectivity index (χ2v) is 32.7. The molecule has 4 N–H and O–H groups in total. The number of carbonyl (C=O) groups excluding carboxylic acids is 4. The molecule has 12 rings (SSSR count). The van der Waals surface area contributed by atoms with Crippen molar-refractivity contribution >= 4 is 86.0 Å². The number of nitrogens with one attached hydrogen (secondary N) is 4. The van der Waals surface area contributed by atoms with Gasteiger partial charge in [0.05, 0.1) is 42.3 Å². The summed E-state index contributed by atoms with van der Waals surface area (Å²) in [6.07, 6.45) is 10.2. The summed E-state index contributed by atoms with van der Waals surface area (Å²) in [5.41, 5.74) is 14.3. The van der Waals surface area contributed by atoms with Gasteiger partial charge < -0.3 is 5.21 Å². The summed E-state index contributed by atoms with van der Waals surface area (Å²) >= 11 is 0. The lowest BCUT2D eigenvalue weighted by Gasteiger charge is -2.15. The largest absolute Gasteiger partial charge is 0.619 e. The highest BCUT2D eigenvalue weighted by Crippen LogP contribution is 2.32. The number of nitrogens with zero attached hydrogens (tertiary/aromatic N) is 4. The Bertz CT molecular complexity index is 5910. The van der Waals surface area contributed by atoms with E-state index in [0.29, 0.717) is 43.7 Å². The van der Waals surface area contributed by atoms with Crippen LogP contribution in [-0.4, -0.2) is 71.8 Å². The molecule has 0 amide bonds. The molecule has 21 nitrogen and oxygen atoms in total. The molecule has 0 saturated carbocycles. The van der Waals surface area contributed by atoms with Gasteiger partial charge in [-0.1, -0.05) is 238 Å². The van der Waals surface area contributed by atoms with Crippen LogP contribution in [0.15, 0.2) is 263 Å². The normalized spacial score (nSPS) is 9.74. The Morgan fingerprint density at radius 3 is 0.789 bits per heavy atom. The fourth-order valence-corrected chi connectivity index (χ4v) is 15.2. The maximum absolute atomic E-state index is 13.2. The third kappa shape index (κ3) is 40.4. The van der Waals surface area contributed by atoms with Gasteiger partial charge in [-0.3, -0.25) is 53.0 Å². The Balaban J connectivity index is -0.000000773. The van der Waals surface area contributed by atoms with E-state index in [1.807, 2.05) is 235 Å². The molecule has 4 aromatic heterocycles. The van der Waals surface area contributed by atoms with Crippen LogP contribution in [-0.2, 0) is 40.1 Å². The van der Waals surface area contributed by atoms with E-state index >= 15 is 0 Å². The summed E-state index contributed by atoms with van der Waals surface area (Å²) in [7, 11) is -15.3. The topological polar surface area (TPSA) is 319 Å². The first kappa shape index (κ1) is 127. The second kappa shape index (κ2) is 67.9. The molecular formula is C108H152N8O13S4. The van der Waals surface area contributed by atoms with E-state index in [2.05, 4.69) is 33.8 Å². The van der Waals surface area contributed by atoms with Crippen molar-refractivity contribution in [2.45, 2.75) is 269 Å². The van der Waals surface area contributed by atoms with Crippen molar-refractivity contribution in [1.82, 2.24) is 15.0 Å². The van der Waals surface area contributed by atoms with Gasteiger partial charge in [-0.05, 0) is 261 Å². The van der Waals surface area contributed by atoms with Gasteiger partial charge in [0.2, 0.25) is 0 Å². The average Bonchev–Trinajstić information content (AvgIpc) is 0.801. The van der Waals surface area contributed by atoms with E-state index in [-0.39, 0.29) is 71.0 Å². The molecule has 726 valence electrons. The Morgan fingerprint density at radius 2 is 0.504 bits per heavy atom.